The van der Waals surface area contributed by atoms with Crippen LogP contribution in [0.25, 0.3) is 0 Å². The molecule has 0 radical (unpaired) electrons. The summed E-state index contributed by atoms with van der Waals surface area (Å²) in [7, 11) is 0. The highest BCUT2D eigenvalue weighted by atomic mass is 19.1. The van der Waals surface area contributed by atoms with Gasteiger partial charge in [0, 0.05) is 6.42 Å². The average molecular weight is 130 g/mol. The first-order valence-electron chi connectivity index (χ1n) is 2.94. The third-order valence-electron chi connectivity index (χ3n) is 1.02. The molecule has 0 N–H and O–H groups in total. The zero-order valence-corrected chi connectivity index (χ0v) is 5.73. The molecule has 0 aliphatic heterocycles. The number of hydrogen-bond acceptors (Lipinski definition) is 1. The van der Waals surface area contributed by atoms with Gasteiger partial charge >= 0.3 is 0 Å². The second-order valence-corrected chi connectivity index (χ2v) is 1.88. The molecule has 0 aromatic carbocycles. The molecule has 1 unspecified atom stereocenters. The quantitative estimate of drug-likeness (QED) is 0.533. The van der Waals surface area contributed by atoms with Crippen LogP contribution in [-0.2, 0) is 4.79 Å². The van der Waals surface area contributed by atoms with Crippen LogP contribution < -0.4 is 0 Å². The maximum atomic E-state index is 12.3. The predicted octanol–water partition coefficient (Wildman–Crippen LogP) is 1.88. The first-order chi connectivity index (χ1) is 4.18. The summed E-state index contributed by atoms with van der Waals surface area (Å²) in [6.07, 6.45) is 2.29. The van der Waals surface area contributed by atoms with Crippen LogP contribution in [0.3, 0.4) is 0 Å². The molecule has 52 valence electrons. The lowest BCUT2D eigenvalue weighted by Crippen LogP contribution is -2.09. The van der Waals surface area contributed by atoms with Gasteiger partial charge in [-0.3, -0.25) is 4.79 Å². The molecule has 0 saturated carbocycles. The van der Waals surface area contributed by atoms with Crippen LogP contribution in [0.4, 0.5) is 4.39 Å². The van der Waals surface area contributed by atoms with Crippen molar-refractivity contribution in [2.45, 2.75) is 26.4 Å². The van der Waals surface area contributed by atoms with Crippen LogP contribution in [0.15, 0.2) is 12.2 Å². The molecule has 0 bridgehead atoms. The fourth-order valence-corrected chi connectivity index (χ4v) is 0.422. The zero-order valence-electron chi connectivity index (χ0n) is 5.73. The average Bonchev–Trinajstić information content (AvgIpc) is 1.82. The van der Waals surface area contributed by atoms with E-state index < -0.39 is 12.0 Å². The van der Waals surface area contributed by atoms with Crippen LogP contribution in [0.1, 0.15) is 20.3 Å². The van der Waals surface area contributed by atoms with Gasteiger partial charge in [0.1, 0.15) is 0 Å². The monoisotopic (exact) mass is 130 g/mol. The lowest BCUT2D eigenvalue weighted by atomic mass is 10.2. The minimum atomic E-state index is -1.30. The molecule has 9 heavy (non-hydrogen) atoms. The Morgan fingerprint density at radius 3 is 2.67 bits per heavy atom. The predicted molar refractivity (Wildman–Crippen MR) is 35.0 cm³/mol. The van der Waals surface area contributed by atoms with E-state index in [9.17, 15) is 9.18 Å². The number of alkyl halides is 1. The number of halogens is 1. The smallest absolute Gasteiger partial charge is 0.164 e. The molecular weight excluding hydrogens is 119 g/mol. The summed E-state index contributed by atoms with van der Waals surface area (Å²) in [6, 6.07) is 0. The van der Waals surface area contributed by atoms with E-state index >= 15 is 0 Å². The lowest BCUT2D eigenvalue weighted by molar-refractivity contribution is -0.121. The highest BCUT2D eigenvalue weighted by molar-refractivity contribution is 5.80. The molecular formula is C7H11FO. The summed E-state index contributed by atoms with van der Waals surface area (Å²) in [6.45, 7) is 3.06. The number of hydrogen-bond donors (Lipinski definition) is 0. The van der Waals surface area contributed by atoms with Crippen LogP contribution in [0.2, 0.25) is 0 Å². The largest absolute Gasteiger partial charge is 0.297 e. The Kier molecular flexibility index (Phi) is 3.93. The minimum Gasteiger partial charge on any atom is -0.297 e. The molecule has 1 nitrogen and oxygen atoms in total. The molecule has 0 aliphatic carbocycles. The van der Waals surface area contributed by atoms with E-state index in [1.54, 1.807) is 19.1 Å². The maximum Gasteiger partial charge on any atom is 0.164 e. The molecule has 0 aliphatic rings. The Balaban J connectivity index is 3.50. The van der Waals surface area contributed by atoms with E-state index in [1.165, 1.54) is 6.92 Å². The van der Waals surface area contributed by atoms with Crippen LogP contribution in [0.5, 0.6) is 0 Å². The van der Waals surface area contributed by atoms with Gasteiger partial charge in [-0.25, -0.2) is 4.39 Å². The normalized spacial score (nSPS) is 14.1. The summed E-state index contributed by atoms with van der Waals surface area (Å²) in [5.41, 5.74) is 0. The van der Waals surface area contributed by atoms with Crippen molar-refractivity contribution in [2.75, 3.05) is 0 Å². The molecule has 0 heterocycles. The van der Waals surface area contributed by atoms with Gasteiger partial charge < -0.3 is 0 Å². The number of carbonyl (C=O) groups excluding carboxylic acids is 1. The number of allylic oxidation sites excluding steroid dienone is 2. The Bertz CT molecular complexity index is 118. The van der Waals surface area contributed by atoms with Crippen molar-refractivity contribution in [1.82, 2.24) is 0 Å². The Morgan fingerprint density at radius 1 is 1.78 bits per heavy atom. The summed E-state index contributed by atoms with van der Waals surface area (Å²) >= 11 is 0. The summed E-state index contributed by atoms with van der Waals surface area (Å²) in [5, 5.41) is 0. The third-order valence-corrected chi connectivity index (χ3v) is 1.02. The van der Waals surface area contributed by atoms with Crippen molar-refractivity contribution in [1.29, 1.82) is 0 Å². The van der Waals surface area contributed by atoms with E-state index in [4.69, 9.17) is 0 Å². The van der Waals surface area contributed by atoms with Crippen LogP contribution in [-0.4, -0.2) is 12.0 Å². The van der Waals surface area contributed by atoms with Gasteiger partial charge in [-0.15, -0.1) is 0 Å². The van der Waals surface area contributed by atoms with E-state index in [0.717, 1.165) is 0 Å². The minimum absolute atomic E-state index is 0.214. The van der Waals surface area contributed by atoms with E-state index in [0.29, 0.717) is 0 Å². The van der Waals surface area contributed by atoms with Crippen molar-refractivity contribution in [2.24, 2.45) is 0 Å². The fourth-order valence-electron chi connectivity index (χ4n) is 0.422. The first-order valence-corrected chi connectivity index (χ1v) is 2.94. The summed E-state index contributed by atoms with van der Waals surface area (Å²) in [5.74, 6) is -0.395. The molecule has 0 aromatic heterocycles. The maximum absolute atomic E-state index is 12.3. The zero-order chi connectivity index (χ0) is 7.28. The molecule has 0 spiro atoms. The van der Waals surface area contributed by atoms with Crippen LogP contribution in [0, 0.1) is 0 Å². The summed E-state index contributed by atoms with van der Waals surface area (Å²) < 4.78 is 12.3. The van der Waals surface area contributed by atoms with Crippen molar-refractivity contribution in [3.05, 3.63) is 12.2 Å². The topological polar surface area (TPSA) is 17.1 Å². The SMILES string of the molecule is C/C=C\CC(F)C(C)=O. The standard InChI is InChI=1S/C7H11FO/c1-3-4-5-7(8)6(2)9/h3-4,7H,5H2,1-2H3/b4-3-. The number of rotatable bonds is 3. The van der Waals surface area contributed by atoms with Gasteiger partial charge in [0.2, 0.25) is 0 Å². The number of ketones is 1. The summed E-state index contributed by atoms with van der Waals surface area (Å²) in [4.78, 5) is 10.2. The molecule has 0 saturated heterocycles. The Labute approximate surface area is 54.6 Å². The first kappa shape index (κ1) is 8.34. The highest BCUT2D eigenvalue weighted by Gasteiger charge is 2.07. The van der Waals surface area contributed by atoms with Gasteiger partial charge in [-0.05, 0) is 13.8 Å². The Hall–Kier alpha value is -0.660. The molecule has 1 atom stereocenters. The second-order valence-electron chi connectivity index (χ2n) is 1.88. The molecule has 2 heteroatoms. The number of carbonyl (C=O) groups is 1. The van der Waals surface area contributed by atoms with Gasteiger partial charge in [-0.2, -0.15) is 0 Å². The van der Waals surface area contributed by atoms with Gasteiger partial charge in [0.05, 0.1) is 0 Å². The Morgan fingerprint density at radius 2 is 2.33 bits per heavy atom. The molecule has 0 amide bonds. The van der Waals surface area contributed by atoms with Crippen molar-refractivity contribution in [3.63, 3.8) is 0 Å². The van der Waals surface area contributed by atoms with E-state index in [-0.39, 0.29) is 6.42 Å². The molecule has 0 rings (SSSR count). The second kappa shape index (κ2) is 4.24. The fraction of sp³-hybridized carbons (Fsp3) is 0.571. The van der Waals surface area contributed by atoms with Gasteiger partial charge in [0.25, 0.3) is 0 Å². The molecule has 0 fully saturated rings. The number of Topliss-reactive ketones (excluding diaryl/α,β-unsaturated/α-hetero) is 1. The van der Waals surface area contributed by atoms with E-state index in [2.05, 4.69) is 0 Å². The van der Waals surface area contributed by atoms with Crippen molar-refractivity contribution in [3.8, 4) is 0 Å². The van der Waals surface area contributed by atoms with Crippen molar-refractivity contribution < 1.29 is 9.18 Å². The van der Waals surface area contributed by atoms with E-state index in [1.807, 2.05) is 0 Å². The van der Waals surface area contributed by atoms with Crippen molar-refractivity contribution >= 4 is 5.78 Å². The third kappa shape index (κ3) is 3.88. The lowest BCUT2D eigenvalue weighted by Gasteiger charge is -1.96. The van der Waals surface area contributed by atoms with Gasteiger partial charge in [-0.1, -0.05) is 12.2 Å². The highest BCUT2D eigenvalue weighted by Crippen LogP contribution is 1.99. The van der Waals surface area contributed by atoms with Gasteiger partial charge in [0.15, 0.2) is 12.0 Å². The van der Waals surface area contributed by atoms with Crippen LogP contribution >= 0.6 is 0 Å². The molecule has 0 aromatic rings.